The molecule has 3 heteroatoms. The number of hydrogen-bond acceptors (Lipinski definition) is 3. The minimum atomic E-state index is 0.273. The minimum absolute atomic E-state index is 0.273. The Morgan fingerprint density at radius 3 is 2.94 bits per heavy atom. The highest BCUT2D eigenvalue weighted by Crippen LogP contribution is 2.27. The van der Waals surface area contributed by atoms with Gasteiger partial charge in [0.15, 0.2) is 0 Å². The molecule has 1 aromatic carbocycles. The van der Waals surface area contributed by atoms with E-state index < -0.39 is 0 Å². The summed E-state index contributed by atoms with van der Waals surface area (Å²) in [5.41, 5.74) is 1.06. The minimum Gasteiger partial charge on any atom is -0.492 e. The highest BCUT2D eigenvalue weighted by molar-refractivity contribution is 5.57. The first kappa shape index (κ1) is 11.3. The molecule has 88 valence electrons. The molecule has 0 radical (unpaired) electrons. The van der Waals surface area contributed by atoms with E-state index in [0.29, 0.717) is 12.6 Å². The lowest BCUT2D eigenvalue weighted by molar-refractivity contribution is 0.121. The average Bonchev–Trinajstić information content (AvgIpc) is 2.68. The lowest BCUT2D eigenvalue weighted by Crippen LogP contribution is -2.26. The lowest BCUT2D eigenvalue weighted by atomic mass is 10.1. The van der Waals surface area contributed by atoms with Gasteiger partial charge in [-0.1, -0.05) is 12.1 Å². The van der Waals surface area contributed by atoms with Crippen molar-refractivity contribution in [3.8, 4) is 5.75 Å². The van der Waals surface area contributed by atoms with E-state index in [4.69, 9.17) is 9.47 Å². The summed E-state index contributed by atoms with van der Waals surface area (Å²) in [6.45, 7) is 5.64. The van der Waals surface area contributed by atoms with Crippen molar-refractivity contribution in [3.05, 3.63) is 24.3 Å². The summed E-state index contributed by atoms with van der Waals surface area (Å²) in [6, 6.07) is 8.44. The number of anilines is 1. The number of rotatable bonds is 4. The molecule has 1 heterocycles. The fraction of sp³-hybridized carbons (Fsp3) is 0.538. The van der Waals surface area contributed by atoms with Gasteiger partial charge in [0.2, 0.25) is 0 Å². The van der Waals surface area contributed by atoms with E-state index in [9.17, 15) is 0 Å². The monoisotopic (exact) mass is 221 g/mol. The first-order chi connectivity index (χ1) is 7.81. The van der Waals surface area contributed by atoms with Gasteiger partial charge in [0.05, 0.1) is 24.4 Å². The van der Waals surface area contributed by atoms with Gasteiger partial charge < -0.3 is 14.8 Å². The van der Waals surface area contributed by atoms with Gasteiger partial charge in [-0.25, -0.2) is 0 Å². The normalized spacial score (nSPS) is 24.4. The third-order valence-corrected chi connectivity index (χ3v) is 2.90. The van der Waals surface area contributed by atoms with Crippen LogP contribution in [-0.4, -0.2) is 25.4 Å². The van der Waals surface area contributed by atoms with Crippen LogP contribution in [0.5, 0.6) is 5.75 Å². The SMILES string of the molecule is CCOc1ccccc1NC1CCOC1C. The van der Waals surface area contributed by atoms with E-state index in [-0.39, 0.29) is 6.10 Å². The summed E-state index contributed by atoms with van der Waals surface area (Å²) in [5.74, 6) is 0.920. The van der Waals surface area contributed by atoms with Crippen molar-refractivity contribution in [2.45, 2.75) is 32.4 Å². The molecule has 1 aliphatic rings. The van der Waals surface area contributed by atoms with Crippen LogP contribution in [0, 0.1) is 0 Å². The first-order valence-corrected chi connectivity index (χ1v) is 5.91. The Morgan fingerprint density at radius 1 is 1.44 bits per heavy atom. The molecule has 0 aromatic heterocycles. The Hall–Kier alpha value is -1.22. The molecule has 0 aliphatic carbocycles. The molecule has 1 fully saturated rings. The van der Waals surface area contributed by atoms with Crippen LogP contribution < -0.4 is 10.1 Å². The molecule has 2 rings (SSSR count). The lowest BCUT2D eigenvalue weighted by Gasteiger charge is -2.19. The quantitative estimate of drug-likeness (QED) is 0.848. The molecule has 2 unspecified atom stereocenters. The van der Waals surface area contributed by atoms with Crippen LogP contribution in [0.3, 0.4) is 0 Å². The predicted molar refractivity (Wildman–Crippen MR) is 65.1 cm³/mol. The molecule has 0 bridgehead atoms. The fourth-order valence-corrected chi connectivity index (χ4v) is 1.99. The summed E-state index contributed by atoms with van der Waals surface area (Å²) in [5, 5.41) is 3.49. The van der Waals surface area contributed by atoms with E-state index in [1.54, 1.807) is 0 Å². The first-order valence-electron chi connectivity index (χ1n) is 5.91. The van der Waals surface area contributed by atoms with Crippen LogP contribution in [0.1, 0.15) is 20.3 Å². The maximum absolute atomic E-state index is 5.58. The van der Waals surface area contributed by atoms with Crippen molar-refractivity contribution >= 4 is 5.69 Å². The third-order valence-electron chi connectivity index (χ3n) is 2.90. The van der Waals surface area contributed by atoms with Crippen LogP contribution >= 0.6 is 0 Å². The molecule has 1 aromatic rings. The smallest absolute Gasteiger partial charge is 0.142 e. The van der Waals surface area contributed by atoms with Gasteiger partial charge in [-0.3, -0.25) is 0 Å². The zero-order valence-corrected chi connectivity index (χ0v) is 9.90. The van der Waals surface area contributed by atoms with Crippen molar-refractivity contribution in [2.24, 2.45) is 0 Å². The Kier molecular flexibility index (Phi) is 3.67. The summed E-state index contributed by atoms with van der Waals surface area (Å²) < 4.78 is 11.1. The van der Waals surface area contributed by atoms with Gasteiger partial charge in [0.1, 0.15) is 5.75 Å². The molecule has 1 aliphatic heterocycles. The number of hydrogen-bond donors (Lipinski definition) is 1. The number of benzene rings is 1. The third kappa shape index (κ3) is 2.47. The molecular formula is C13H19NO2. The van der Waals surface area contributed by atoms with Gasteiger partial charge in [0, 0.05) is 6.61 Å². The second-order valence-electron chi connectivity index (χ2n) is 4.04. The highest BCUT2D eigenvalue weighted by Gasteiger charge is 2.24. The zero-order valence-electron chi connectivity index (χ0n) is 9.90. The molecule has 0 spiro atoms. The van der Waals surface area contributed by atoms with Gasteiger partial charge >= 0.3 is 0 Å². The molecule has 2 atom stereocenters. The second-order valence-corrected chi connectivity index (χ2v) is 4.04. The number of nitrogens with one attached hydrogen (secondary N) is 1. The Bertz CT molecular complexity index is 340. The van der Waals surface area contributed by atoms with Gasteiger partial charge in [0.25, 0.3) is 0 Å². The summed E-state index contributed by atoms with van der Waals surface area (Å²) >= 11 is 0. The molecule has 0 saturated carbocycles. The summed E-state index contributed by atoms with van der Waals surface area (Å²) in [6.07, 6.45) is 1.33. The number of para-hydroxylation sites is 2. The van der Waals surface area contributed by atoms with Gasteiger partial charge in [-0.2, -0.15) is 0 Å². The van der Waals surface area contributed by atoms with Crippen LogP contribution in [0.2, 0.25) is 0 Å². The van der Waals surface area contributed by atoms with E-state index in [2.05, 4.69) is 18.3 Å². The summed E-state index contributed by atoms with van der Waals surface area (Å²) in [4.78, 5) is 0. The molecular weight excluding hydrogens is 202 g/mol. The van der Waals surface area contributed by atoms with Crippen molar-refractivity contribution < 1.29 is 9.47 Å². The predicted octanol–water partition coefficient (Wildman–Crippen LogP) is 2.67. The van der Waals surface area contributed by atoms with Crippen LogP contribution in [0.4, 0.5) is 5.69 Å². The Morgan fingerprint density at radius 2 is 2.25 bits per heavy atom. The Balaban J connectivity index is 2.07. The van der Waals surface area contributed by atoms with Gasteiger partial charge in [-0.05, 0) is 32.4 Å². The van der Waals surface area contributed by atoms with Gasteiger partial charge in [-0.15, -0.1) is 0 Å². The average molecular weight is 221 g/mol. The van der Waals surface area contributed by atoms with Crippen molar-refractivity contribution in [2.75, 3.05) is 18.5 Å². The van der Waals surface area contributed by atoms with Crippen molar-refractivity contribution in [3.63, 3.8) is 0 Å². The zero-order chi connectivity index (χ0) is 11.4. The number of ether oxygens (including phenoxy) is 2. The van der Waals surface area contributed by atoms with E-state index in [0.717, 1.165) is 24.5 Å². The maximum Gasteiger partial charge on any atom is 0.142 e. The van der Waals surface area contributed by atoms with Crippen LogP contribution in [0.25, 0.3) is 0 Å². The summed E-state index contributed by atoms with van der Waals surface area (Å²) in [7, 11) is 0. The molecule has 0 amide bonds. The molecule has 3 nitrogen and oxygen atoms in total. The maximum atomic E-state index is 5.58. The molecule has 1 saturated heterocycles. The van der Waals surface area contributed by atoms with Crippen molar-refractivity contribution in [1.82, 2.24) is 0 Å². The van der Waals surface area contributed by atoms with E-state index in [1.165, 1.54) is 0 Å². The van der Waals surface area contributed by atoms with Crippen LogP contribution in [0.15, 0.2) is 24.3 Å². The largest absolute Gasteiger partial charge is 0.492 e. The van der Waals surface area contributed by atoms with E-state index in [1.807, 2.05) is 25.1 Å². The topological polar surface area (TPSA) is 30.5 Å². The van der Waals surface area contributed by atoms with Crippen molar-refractivity contribution in [1.29, 1.82) is 0 Å². The highest BCUT2D eigenvalue weighted by atomic mass is 16.5. The fourth-order valence-electron chi connectivity index (χ4n) is 1.99. The molecule has 1 N–H and O–H groups in total. The van der Waals surface area contributed by atoms with Crippen LogP contribution in [-0.2, 0) is 4.74 Å². The van der Waals surface area contributed by atoms with E-state index >= 15 is 0 Å². The molecule has 16 heavy (non-hydrogen) atoms. The Labute approximate surface area is 96.8 Å². The standard InChI is InChI=1S/C13H19NO2/c1-3-15-13-7-5-4-6-12(13)14-11-8-9-16-10(11)2/h4-7,10-11,14H,3,8-9H2,1-2H3. The second kappa shape index (κ2) is 5.21.